The number of unbranched alkanes of at least 4 members (excludes halogenated alkanes) is 2. The summed E-state index contributed by atoms with van der Waals surface area (Å²) in [4.78, 5) is 0. The van der Waals surface area contributed by atoms with Gasteiger partial charge in [-0.1, -0.05) is 20.3 Å². The van der Waals surface area contributed by atoms with Crippen LogP contribution in [0.4, 0.5) is 0 Å². The van der Waals surface area contributed by atoms with E-state index in [1.807, 2.05) is 14.0 Å². The van der Waals surface area contributed by atoms with Gasteiger partial charge >= 0.3 is 0 Å². The Bertz CT molecular complexity index is 253. The summed E-state index contributed by atoms with van der Waals surface area (Å²) in [5, 5.41) is 3.02. The van der Waals surface area contributed by atoms with Gasteiger partial charge in [-0.05, 0) is 32.9 Å². The number of nitrogens with zero attached hydrogens (tertiary/aromatic N) is 1. The van der Waals surface area contributed by atoms with Crippen molar-refractivity contribution in [1.29, 1.82) is 0 Å². The minimum atomic E-state index is -3.02. The van der Waals surface area contributed by atoms with Gasteiger partial charge in [0.15, 0.2) is 0 Å². The third-order valence-corrected chi connectivity index (χ3v) is 4.62. The van der Waals surface area contributed by atoms with Crippen LogP contribution in [0.25, 0.3) is 0 Å². The molecule has 0 saturated carbocycles. The molecule has 0 spiro atoms. The highest BCUT2D eigenvalue weighted by Crippen LogP contribution is 2.06. The molecule has 0 unspecified atom stereocenters. The fraction of sp³-hybridized carbons (Fsp3) is 1.00. The van der Waals surface area contributed by atoms with E-state index in [9.17, 15) is 8.42 Å². The quantitative estimate of drug-likeness (QED) is 0.597. The predicted molar refractivity (Wildman–Crippen MR) is 69.1 cm³/mol. The first-order valence-corrected chi connectivity index (χ1v) is 7.81. The topological polar surface area (TPSA) is 49.4 Å². The lowest BCUT2D eigenvalue weighted by Crippen LogP contribution is -2.33. The van der Waals surface area contributed by atoms with E-state index in [1.165, 1.54) is 0 Å². The van der Waals surface area contributed by atoms with E-state index in [0.29, 0.717) is 13.1 Å². The van der Waals surface area contributed by atoms with Crippen LogP contribution in [-0.4, -0.2) is 45.2 Å². The molecular weight excluding hydrogens is 224 g/mol. The first kappa shape index (κ1) is 15.9. The Hall–Kier alpha value is -0.130. The first-order chi connectivity index (χ1) is 7.58. The third-order valence-electron chi connectivity index (χ3n) is 2.59. The van der Waals surface area contributed by atoms with Crippen molar-refractivity contribution in [2.24, 2.45) is 0 Å². The van der Waals surface area contributed by atoms with E-state index in [2.05, 4.69) is 12.2 Å². The molecule has 0 saturated heterocycles. The normalized spacial score (nSPS) is 12.2. The third kappa shape index (κ3) is 6.45. The highest BCUT2D eigenvalue weighted by atomic mass is 32.2. The summed E-state index contributed by atoms with van der Waals surface area (Å²) in [5.41, 5.74) is 0. The Kier molecular flexibility index (Phi) is 8.89. The maximum Gasteiger partial charge on any atom is 0.214 e. The lowest BCUT2D eigenvalue weighted by molar-refractivity contribution is 0.417. The van der Waals surface area contributed by atoms with Gasteiger partial charge < -0.3 is 5.32 Å². The second kappa shape index (κ2) is 8.96. The summed E-state index contributed by atoms with van der Waals surface area (Å²) >= 11 is 0. The van der Waals surface area contributed by atoms with Crippen molar-refractivity contribution < 1.29 is 8.42 Å². The summed E-state index contributed by atoms with van der Waals surface area (Å²) in [5.74, 6) is 0.284. The van der Waals surface area contributed by atoms with Crippen LogP contribution in [0.2, 0.25) is 0 Å². The molecule has 0 rings (SSSR count). The molecule has 0 bridgehead atoms. The van der Waals surface area contributed by atoms with Crippen molar-refractivity contribution >= 4 is 10.0 Å². The highest BCUT2D eigenvalue weighted by Gasteiger charge is 2.18. The molecular formula is C11H26N2O2S. The standard InChI is InChI=1S/C11H26N2O2S/c1-4-6-10-13(5-2)16(14,15)11-8-7-9-12-3/h12H,4-11H2,1-3H3. The van der Waals surface area contributed by atoms with E-state index in [-0.39, 0.29) is 5.75 Å². The van der Waals surface area contributed by atoms with Crippen molar-refractivity contribution in [2.75, 3.05) is 32.4 Å². The molecule has 0 aliphatic heterocycles. The summed E-state index contributed by atoms with van der Waals surface area (Å²) < 4.78 is 25.5. The molecule has 0 aromatic carbocycles. The number of nitrogens with one attached hydrogen (secondary N) is 1. The predicted octanol–water partition coefficient (Wildman–Crippen LogP) is 1.44. The van der Waals surface area contributed by atoms with Gasteiger partial charge in [0.2, 0.25) is 10.0 Å². The van der Waals surface area contributed by atoms with Crippen LogP contribution < -0.4 is 5.32 Å². The van der Waals surface area contributed by atoms with Gasteiger partial charge in [-0.2, -0.15) is 0 Å². The zero-order valence-corrected chi connectivity index (χ0v) is 11.6. The Morgan fingerprint density at radius 3 is 2.31 bits per heavy atom. The van der Waals surface area contributed by atoms with E-state index in [1.54, 1.807) is 4.31 Å². The Morgan fingerprint density at radius 1 is 1.12 bits per heavy atom. The Balaban J connectivity index is 4.05. The molecule has 0 aromatic heterocycles. The van der Waals surface area contributed by atoms with Crippen LogP contribution in [0, 0.1) is 0 Å². The lowest BCUT2D eigenvalue weighted by atomic mass is 10.3. The fourth-order valence-corrected chi connectivity index (χ4v) is 3.17. The zero-order chi connectivity index (χ0) is 12.4. The molecule has 0 aliphatic carbocycles. The number of hydrogen-bond acceptors (Lipinski definition) is 3. The Morgan fingerprint density at radius 2 is 1.81 bits per heavy atom. The molecule has 0 radical (unpaired) electrons. The molecule has 5 heteroatoms. The van der Waals surface area contributed by atoms with Gasteiger partial charge in [0.25, 0.3) is 0 Å². The molecule has 0 atom stereocenters. The van der Waals surface area contributed by atoms with Gasteiger partial charge in [-0.15, -0.1) is 0 Å². The van der Waals surface area contributed by atoms with Crippen LogP contribution in [0.15, 0.2) is 0 Å². The largest absolute Gasteiger partial charge is 0.320 e. The van der Waals surface area contributed by atoms with Crippen LogP contribution in [0.3, 0.4) is 0 Å². The van der Waals surface area contributed by atoms with Crippen molar-refractivity contribution in [3.63, 3.8) is 0 Å². The highest BCUT2D eigenvalue weighted by molar-refractivity contribution is 7.89. The van der Waals surface area contributed by atoms with Gasteiger partial charge in [0.05, 0.1) is 5.75 Å². The fourth-order valence-electron chi connectivity index (χ4n) is 1.54. The summed E-state index contributed by atoms with van der Waals surface area (Å²) in [7, 11) is -1.14. The smallest absolute Gasteiger partial charge is 0.214 e. The molecule has 16 heavy (non-hydrogen) atoms. The van der Waals surface area contributed by atoms with E-state index < -0.39 is 10.0 Å². The summed E-state index contributed by atoms with van der Waals surface area (Å²) in [6.45, 7) is 6.13. The average molecular weight is 250 g/mol. The maximum absolute atomic E-state index is 11.9. The van der Waals surface area contributed by atoms with Crippen molar-refractivity contribution in [2.45, 2.75) is 39.5 Å². The number of rotatable bonds is 10. The van der Waals surface area contributed by atoms with E-state index in [4.69, 9.17) is 0 Å². The number of hydrogen-bond donors (Lipinski definition) is 1. The van der Waals surface area contributed by atoms with E-state index in [0.717, 1.165) is 32.2 Å². The maximum atomic E-state index is 11.9. The van der Waals surface area contributed by atoms with Crippen LogP contribution in [0.5, 0.6) is 0 Å². The van der Waals surface area contributed by atoms with E-state index >= 15 is 0 Å². The second-order valence-electron chi connectivity index (χ2n) is 3.97. The molecule has 4 nitrogen and oxygen atoms in total. The lowest BCUT2D eigenvalue weighted by Gasteiger charge is -2.20. The monoisotopic (exact) mass is 250 g/mol. The molecule has 0 heterocycles. The molecule has 1 N–H and O–H groups in total. The molecule has 0 amide bonds. The SMILES string of the molecule is CCCCN(CC)S(=O)(=O)CCCCNC. The number of sulfonamides is 1. The molecule has 98 valence electrons. The van der Waals surface area contributed by atoms with Gasteiger partial charge in [0.1, 0.15) is 0 Å². The first-order valence-electron chi connectivity index (χ1n) is 6.20. The van der Waals surface area contributed by atoms with Crippen molar-refractivity contribution in [3.05, 3.63) is 0 Å². The second-order valence-corrected chi connectivity index (χ2v) is 6.06. The van der Waals surface area contributed by atoms with Gasteiger partial charge in [0, 0.05) is 13.1 Å². The molecule has 0 aliphatic rings. The van der Waals surface area contributed by atoms with Crippen LogP contribution >= 0.6 is 0 Å². The minimum absolute atomic E-state index is 0.284. The minimum Gasteiger partial charge on any atom is -0.320 e. The van der Waals surface area contributed by atoms with Gasteiger partial charge in [-0.3, -0.25) is 0 Å². The zero-order valence-electron chi connectivity index (χ0n) is 10.8. The van der Waals surface area contributed by atoms with Crippen LogP contribution in [-0.2, 0) is 10.0 Å². The van der Waals surface area contributed by atoms with Crippen molar-refractivity contribution in [1.82, 2.24) is 9.62 Å². The van der Waals surface area contributed by atoms with Gasteiger partial charge in [-0.25, -0.2) is 12.7 Å². The summed E-state index contributed by atoms with van der Waals surface area (Å²) in [6.07, 6.45) is 3.64. The average Bonchev–Trinajstić information content (AvgIpc) is 2.25. The molecule has 0 aromatic rings. The van der Waals surface area contributed by atoms with Crippen molar-refractivity contribution in [3.8, 4) is 0 Å². The molecule has 0 fully saturated rings. The summed E-state index contributed by atoms with van der Waals surface area (Å²) in [6, 6.07) is 0. The van der Waals surface area contributed by atoms with Crippen LogP contribution in [0.1, 0.15) is 39.5 Å². The Labute approximate surface area is 100 Å².